The zero-order valence-electron chi connectivity index (χ0n) is 10.7. The van der Waals surface area contributed by atoms with Gasteiger partial charge in [0.2, 0.25) is 5.95 Å². The number of nitrogens with one attached hydrogen (secondary N) is 1. The van der Waals surface area contributed by atoms with Crippen molar-refractivity contribution in [3.05, 3.63) is 72.6 Å². The first-order chi connectivity index (χ1) is 9.33. The van der Waals surface area contributed by atoms with E-state index in [1.165, 1.54) is 5.56 Å². The minimum absolute atomic E-state index is 0.815. The molecule has 0 aliphatic rings. The zero-order valence-corrected chi connectivity index (χ0v) is 10.7. The van der Waals surface area contributed by atoms with Gasteiger partial charge < -0.3 is 5.32 Å². The molecule has 0 radical (unpaired) electrons. The van der Waals surface area contributed by atoms with Gasteiger partial charge in [0.05, 0.1) is 0 Å². The van der Waals surface area contributed by atoms with E-state index in [1.807, 2.05) is 41.1 Å². The third-order valence-corrected chi connectivity index (χ3v) is 2.98. The van der Waals surface area contributed by atoms with Crippen LogP contribution in [-0.4, -0.2) is 9.55 Å². The molecule has 1 N–H and O–H groups in total. The number of hydrogen-bond acceptors (Lipinski definition) is 2. The minimum Gasteiger partial charge on any atom is -0.325 e. The maximum absolute atomic E-state index is 4.36. The monoisotopic (exact) mass is 249 g/mol. The summed E-state index contributed by atoms with van der Waals surface area (Å²) in [5.74, 6) is 0.815. The van der Waals surface area contributed by atoms with Crippen LogP contribution < -0.4 is 5.32 Å². The summed E-state index contributed by atoms with van der Waals surface area (Å²) in [4.78, 5) is 4.36. The number of aromatic nitrogens is 2. The van der Waals surface area contributed by atoms with Crippen molar-refractivity contribution in [2.45, 2.75) is 6.92 Å². The quantitative estimate of drug-likeness (QED) is 0.762. The third kappa shape index (κ3) is 2.50. The Balaban J connectivity index is 1.92. The summed E-state index contributed by atoms with van der Waals surface area (Å²) in [5.41, 5.74) is 3.38. The molecule has 0 spiro atoms. The number of nitrogens with zero attached hydrogens (tertiary/aromatic N) is 2. The van der Waals surface area contributed by atoms with Gasteiger partial charge in [-0.15, -0.1) is 0 Å². The molecular formula is C16H15N3. The molecule has 3 aromatic rings. The van der Waals surface area contributed by atoms with E-state index in [0.717, 1.165) is 17.3 Å². The number of anilines is 2. The van der Waals surface area contributed by atoms with Crippen LogP contribution in [0.4, 0.5) is 11.6 Å². The van der Waals surface area contributed by atoms with E-state index >= 15 is 0 Å². The number of para-hydroxylation sites is 1. The molecule has 3 nitrogen and oxygen atoms in total. The molecule has 3 rings (SSSR count). The summed E-state index contributed by atoms with van der Waals surface area (Å²) < 4.78 is 2.03. The highest BCUT2D eigenvalue weighted by Crippen LogP contribution is 2.19. The lowest BCUT2D eigenvalue weighted by molar-refractivity contribution is 1.06. The summed E-state index contributed by atoms with van der Waals surface area (Å²) in [5, 5.41) is 3.32. The third-order valence-electron chi connectivity index (χ3n) is 2.98. The van der Waals surface area contributed by atoms with Crippen molar-refractivity contribution in [2.24, 2.45) is 0 Å². The molecule has 1 aromatic heterocycles. The lowest BCUT2D eigenvalue weighted by atomic mass is 10.2. The van der Waals surface area contributed by atoms with Crippen LogP contribution in [0, 0.1) is 6.92 Å². The molecule has 2 aromatic carbocycles. The second-order valence-electron chi connectivity index (χ2n) is 4.45. The summed E-state index contributed by atoms with van der Waals surface area (Å²) >= 11 is 0. The number of benzene rings is 2. The molecule has 1 heterocycles. The SMILES string of the molecule is Cc1ccc(-n2ccnc2Nc2ccccc2)cc1. The van der Waals surface area contributed by atoms with E-state index in [4.69, 9.17) is 0 Å². The Morgan fingerprint density at radius 2 is 1.68 bits per heavy atom. The van der Waals surface area contributed by atoms with E-state index in [2.05, 4.69) is 41.5 Å². The molecule has 94 valence electrons. The van der Waals surface area contributed by atoms with E-state index < -0.39 is 0 Å². The molecule has 3 heteroatoms. The van der Waals surface area contributed by atoms with Crippen molar-refractivity contribution in [1.82, 2.24) is 9.55 Å². The van der Waals surface area contributed by atoms with Crippen LogP contribution in [0.5, 0.6) is 0 Å². The first-order valence-electron chi connectivity index (χ1n) is 6.25. The predicted molar refractivity (Wildman–Crippen MR) is 78.0 cm³/mol. The Kier molecular flexibility index (Phi) is 3.02. The smallest absolute Gasteiger partial charge is 0.211 e. The van der Waals surface area contributed by atoms with Gasteiger partial charge in [0, 0.05) is 23.8 Å². The molecule has 0 unspecified atom stereocenters. The van der Waals surface area contributed by atoms with Gasteiger partial charge in [-0.3, -0.25) is 4.57 Å². The number of rotatable bonds is 3. The molecule has 0 bridgehead atoms. The van der Waals surface area contributed by atoms with Gasteiger partial charge in [-0.1, -0.05) is 35.9 Å². The molecule has 0 saturated heterocycles. The molecule has 0 saturated carbocycles. The van der Waals surface area contributed by atoms with Crippen LogP contribution in [0.25, 0.3) is 5.69 Å². The van der Waals surface area contributed by atoms with Gasteiger partial charge in [0.15, 0.2) is 0 Å². The van der Waals surface area contributed by atoms with Gasteiger partial charge in [0.25, 0.3) is 0 Å². The van der Waals surface area contributed by atoms with Crippen molar-refractivity contribution in [3.8, 4) is 5.69 Å². The maximum Gasteiger partial charge on any atom is 0.211 e. The molecular weight excluding hydrogens is 234 g/mol. The molecule has 0 atom stereocenters. The highest BCUT2D eigenvalue weighted by atomic mass is 15.2. The first-order valence-corrected chi connectivity index (χ1v) is 6.25. The summed E-state index contributed by atoms with van der Waals surface area (Å²) in [6.07, 6.45) is 3.75. The van der Waals surface area contributed by atoms with Crippen LogP contribution in [0.2, 0.25) is 0 Å². The topological polar surface area (TPSA) is 29.9 Å². The molecule has 0 aliphatic carbocycles. The van der Waals surface area contributed by atoms with Crippen LogP contribution in [-0.2, 0) is 0 Å². The fourth-order valence-corrected chi connectivity index (χ4v) is 1.96. The molecule has 0 amide bonds. The van der Waals surface area contributed by atoms with Crippen molar-refractivity contribution < 1.29 is 0 Å². The molecule has 19 heavy (non-hydrogen) atoms. The van der Waals surface area contributed by atoms with Gasteiger partial charge >= 0.3 is 0 Å². The number of hydrogen-bond donors (Lipinski definition) is 1. The van der Waals surface area contributed by atoms with E-state index in [1.54, 1.807) is 6.20 Å². The van der Waals surface area contributed by atoms with Crippen molar-refractivity contribution in [2.75, 3.05) is 5.32 Å². The van der Waals surface area contributed by atoms with Crippen LogP contribution in [0.1, 0.15) is 5.56 Å². The van der Waals surface area contributed by atoms with Crippen molar-refractivity contribution in [1.29, 1.82) is 0 Å². The van der Waals surface area contributed by atoms with Crippen molar-refractivity contribution >= 4 is 11.6 Å². The highest BCUT2D eigenvalue weighted by molar-refractivity contribution is 5.55. The largest absolute Gasteiger partial charge is 0.325 e. The fraction of sp³-hybridized carbons (Fsp3) is 0.0625. The summed E-state index contributed by atoms with van der Waals surface area (Å²) in [7, 11) is 0. The predicted octanol–water partition coefficient (Wildman–Crippen LogP) is 3.92. The highest BCUT2D eigenvalue weighted by Gasteiger charge is 2.04. The average Bonchev–Trinajstić information content (AvgIpc) is 2.89. The first kappa shape index (κ1) is 11.5. The standard InChI is InChI=1S/C16H15N3/c1-13-7-9-15(10-8-13)19-12-11-17-16(19)18-14-5-3-2-4-6-14/h2-12H,1H3,(H,17,18). The Morgan fingerprint density at radius 3 is 2.42 bits per heavy atom. The van der Waals surface area contributed by atoms with Gasteiger partial charge in [-0.05, 0) is 31.2 Å². The molecule has 0 aliphatic heterocycles. The Hall–Kier alpha value is -2.55. The Bertz CT molecular complexity index is 654. The van der Waals surface area contributed by atoms with Crippen LogP contribution >= 0.6 is 0 Å². The van der Waals surface area contributed by atoms with Crippen LogP contribution in [0.15, 0.2) is 67.0 Å². The lowest BCUT2D eigenvalue weighted by Gasteiger charge is -2.10. The summed E-state index contributed by atoms with van der Waals surface area (Å²) in [6, 6.07) is 18.4. The Labute approximate surface area is 112 Å². The second kappa shape index (κ2) is 4.98. The number of imidazole rings is 1. The lowest BCUT2D eigenvalue weighted by Crippen LogP contribution is -2.00. The van der Waals surface area contributed by atoms with Gasteiger partial charge in [0.1, 0.15) is 0 Å². The van der Waals surface area contributed by atoms with E-state index in [-0.39, 0.29) is 0 Å². The zero-order chi connectivity index (χ0) is 13.1. The van der Waals surface area contributed by atoms with Gasteiger partial charge in [-0.2, -0.15) is 0 Å². The normalized spacial score (nSPS) is 10.4. The minimum atomic E-state index is 0.815. The maximum atomic E-state index is 4.36. The molecule has 0 fully saturated rings. The average molecular weight is 249 g/mol. The summed E-state index contributed by atoms with van der Waals surface area (Å²) in [6.45, 7) is 2.08. The second-order valence-corrected chi connectivity index (χ2v) is 4.45. The van der Waals surface area contributed by atoms with E-state index in [0.29, 0.717) is 0 Å². The van der Waals surface area contributed by atoms with Crippen LogP contribution in [0.3, 0.4) is 0 Å². The van der Waals surface area contributed by atoms with E-state index in [9.17, 15) is 0 Å². The van der Waals surface area contributed by atoms with Gasteiger partial charge in [-0.25, -0.2) is 4.98 Å². The number of aryl methyl sites for hydroxylation is 1. The fourth-order valence-electron chi connectivity index (χ4n) is 1.96. The Morgan fingerprint density at radius 1 is 0.947 bits per heavy atom. The van der Waals surface area contributed by atoms with Crippen molar-refractivity contribution in [3.63, 3.8) is 0 Å².